The second-order valence-corrected chi connectivity index (χ2v) is 4.10. The van der Waals surface area contributed by atoms with Gasteiger partial charge in [-0.25, -0.2) is 9.97 Å². The third kappa shape index (κ3) is 3.07. The van der Waals surface area contributed by atoms with Gasteiger partial charge in [-0.05, 0) is 40.2 Å². The van der Waals surface area contributed by atoms with E-state index in [1.54, 1.807) is 12.1 Å². The van der Waals surface area contributed by atoms with Crippen LogP contribution in [0.4, 0.5) is 10.1 Å². The molecule has 0 spiro atoms. The Morgan fingerprint density at radius 1 is 1.18 bits per heavy atom. The van der Waals surface area contributed by atoms with E-state index in [1.807, 2.05) is 0 Å². The molecule has 0 saturated heterocycles. The van der Waals surface area contributed by atoms with Crippen LogP contribution in [0, 0.1) is 5.95 Å². The van der Waals surface area contributed by atoms with E-state index in [1.165, 1.54) is 24.5 Å². The highest BCUT2D eigenvalue weighted by molar-refractivity contribution is 9.10. The molecule has 0 atom stereocenters. The van der Waals surface area contributed by atoms with Gasteiger partial charge in [0.05, 0.1) is 11.9 Å². The normalized spacial score (nSPS) is 10.0. The van der Waals surface area contributed by atoms with Gasteiger partial charge in [-0.15, -0.1) is 0 Å². The number of rotatable bonds is 2. The minimum Gasteiger partial charge on any atom is -0.319 e. The van der Waals surface area contributed by atoms with Crippen LogP contribution >= 0.6 is 15.9 Å². The highest BCUT2D eigenvalue weighted by Crippen LogP contribution is 2.10. The van der Waals surface area contributed by atoms with Gasteiger partial charge >= 0.3 is 0 Å². The third-order valence-electron chi connectivity index (χ3n) is 1.95. The molecule has 4 nitrogen and oxygen atoms in total. The summed E-state index contributed by atoms with van der Waals surface area (Å²) in [6.07, 6.45) is 2.77. The molecule has 17 heavy (non-hydrogen) atoms. The Bertz CT molecular complexity index is 527. The molecule has 0 radical (unpaired) electrons. The van der Waals surface area contributed by atoms with Crippen molar-refractivity contribution in [3.05, 3.63) is 52.8 Å². The van der Waals surface area contributed by atoms with Crippen LogP contribution in [0.5, 0.6) is 0 Å². The largest absolute Gasteiger partial charge is 0.319 e. The van der Waals surface area contributed by atoms with E-state index < -0.39 is 5.95 Å². The van der Waals surface area contributed by atoms with E-state index in [-0.39, 0.29) is 11.6 Å². The van der Waals surface area contributed by atoms with Crippen LogP contribution in [0.2, 0.25) is 0 Å². The second-order valence-electron chi connectivity index (χ2n) is 3.19. The number of nitrogens with one attached hydrogen (secondary N) is 1. The van der Waals surface area contributed by atoms with Crippen molar-refractivity contribution in [2.75, 3.05) is 5.32 Å². The lowest BCUT2D eigenvalue weighted by Gasteiger charge is -2.03. The van der Waals surface area contributed by atoms with Gasteiger partial charge in [0.1, 0.15) is 5.69 Å². The molecule has 0 aliphatic heterocycles. The average molecular weight is 296 g/mol. The van der Waals surface area contributed by atoms with Crippen LogP contribution in [0.15, 0.2) is 41.1 Å². The zero-order valence-electron chi connectivity index (χ0n) is 8.52. The van der Waals surface area contributed by atoms with Crippen LogP contribution in [-0.2, 0) is 0 Å². The van der Waals surface area contributed by atoms with Crippen molar-refractivity contribution in [1.29, 1.82) is 0 Å². The van der Waals surface area contributed by atoms with E-state index in [9.17, 15) is 9.18 Å². The van der Waals surface area contributed by atoms with Crippen LogP contribution in [-0.4, -0.2) is 15.9 Å². The molecular formula is C11H7BrFN3O. The number of carbonyl (C=O) groups is 1. The number of pyridine rings is 2. The highest BCUT2D eigenvalue weighted by atomic mass is 79.9. The van der Waals surface area contributed by atoms with E-state index in [0.717, 1.165) is 4.47 Å². The summed E-state index contributed by atoms with van der Waals surface area (Å²) in [4.78, 5) is 19.1. The van der Waals surface area contributed by atoms with Crippen molar-refractivity contribution in [2.45, 2.75) is 0 Å². The summed E-state index contributed by atoms with van der Waals surface area (Å²) in [6, 6.07) is 5.89. The van der Waals surface area contributed by atoms with Crippen LogP contribution in [0.25, 0.3) is 0 Å². The smallest absolute Gasteiger partial charge is 0.274 e. The summed E-state index contributed by atoms with van der Waals surface area (Å²) >= 11 is 3.22. The van der Waals surface area contributed by atoms with Crippen molar-refractivity contribution in [2.24, 2.45) is 0 Å². The molecule has 2 rings (SSSR count). The number of carbonyl (C=O) groups excluding carboxylic acids is 1. The number of amides is 1. The average Bonchev–Trinajstić information content (AvgIpc) is 2.33. The Balaban J connectivity index is 2.11. The predicted molar refractivity (Wildman–Crippen MR) is 64.1 cm³/mol. The summed E-state index contributed by atoms with van der Waals surface area (Å²) in [5, 5.41) is 2.56. The second kappa shape index (κ2) is 5.01. The minimum atomic E-state index is -0.593. The maximum Gasteiger partial charge on any atom is 0.274 e. The first-order chi connectivity index (χ1) is 8.15. The zero-order valence-corrected chi connectivity index (χ0v) is 10.1. The van der Waals surface area contributed by atoms with Crippen LogP contribution in [0.3, 0.4) is 0 Å². The first kappa shape index (κ1) is 11.7. The molecule has 0 saturated carbocycles. The molecule has 86 valence electrons. The van der Waals surface area contributed by atoms with Crippen LogP contribution < -0.4 is 5.32 Å². The van der Waals surface area contributed by atoms with Crippen molar-refractivity contribution in [1.82, 2.24) is 9.97 Å². The summed E-state index contributed by atoms with van der Waals surface area (Å²) in [5.74, 6) is -0.962. The fraction of sp³-hybridized carbons (Fsp3) is 0. The molecular weight excluding hydrogens is 289 g/mol. The van der Waals surface area contributed by atoms with Gasteiger partial charge in [0, 0.05) is 10.7 Å². The van der Waals surface area contributed by atoms with Crippen molar-refractivity contribution in [3.8, 4) is 0 Å². The molecule has 0 fully saturated rings. The monoisotopic (exact) mass is 295 g/mol. The van der Waals surface area contributed by atoms with Gasteiger partial charge in [0.25, 0.3) is 5.91 Å². The molecule has 1 N–H and O–H groups in total. The summed E-state index contributed by atoms with van der Waals surface area (Å²) in [5.41, 5.74) is 0.693. The Morgan fingerprint density at radius 2 is 2.00 bits per heavy atom. The molecule has 0 unspecified atom stereocenters. The van der Waals surface area contributed by atoms with Gasteiger partial charge in [-0.3, -0.25) is 4.79 Å². The summed E-state index contributed by atoms with van der Waals surface area (Å²) in [6.45, 7) is 0. The molecule has 0 aliphatic rings. The van der Waals surface area contributed by atoms with Crippen molar-refractivity contribution < 1.29 is 9.18 Å². The first-order valence-corrected chi connectivity index (χ1v) is 5.49. The fourth-order valence-electron chi connectivity index (χ4n) is 1.16. The van der Waals surface area contributed by atoms with E-state index >= 15 is 0 Å². The molecule has 1 amide bonds. The maximum absolute atomic E-state index is 12.6. The number of nitrogens with zero attached hydrogens (tertiary/aromatic N) is 2. The molecule has 6 heteroatoms. The summed E-state index contributed by atoms with van der Waals surface area (Å²) < 4.78 is 13.3. The number of hydrogen-bond donors (Lipinski definition) is 1. The van der Waals surface area contributed by atoms with Crippen molar-refractivity contribution in [3.63, 3.8) is 0 Å². The fourth-order valence-corrected chi connectivity index (χ4v) is 1.39. The van der Waals surface area contributed by atoms with Gasteiger partial charge in [0.15, 0.2) is 0 Å². The molecule has 2 heterocycles. The molecule has 2 aromatic rings. The number of hydrogen-bond acceptors (Lipinski definition) is 3. The topological polar surface area (TPSA) is 54.9 Å². The zero-order chi connectivity index (χ0) is 12.3. The van der Waals surface area contributed by atoms with E-state index in [0.29, 0.717) is 5.69 Å². The van der Waals surface area contributed by atoms with Gasteiger partial charge in [-0.2, -0.15) is 4.39 Å². The van der Waals surface area contributed by atoms with Crippen molar-refractivity contribution >= 4 is 27.5 Å². The maximum atomic E-state index is 12.6. The lowest BCUT2D eigenvalue weighted by molar-refractivity contribution is 0.102. The lowest BCUT2D eigenvalue weighted by Crippen LogP contribution is -2.13. The number of aromatic nitrogens is 2. The summed E-state index contributed by atoms with van der Waals surface area (Å²) in [7, 11) is 0. The van der Waals surface area contributed by atoms with Crippen LogP contribution in [0.1, 0.15) is 10.5 Å². The Kier molecular flexibility index (Phi) is 3.43. The Hall–Kier alpha value is -1.82. The van der Waals surface area contributed by atoms with Gasteiger partial charge in [-0.1, -0.05) is 0 Å². The minimum absolute atomic E-state index is 0.275. The molecule has 0 aromatic carbocycles. The highest BCUT2D eigenvalue weighted by Gasteiger charge is 2.07. The third-order valence-corrected chi connectivity index (χ3v) is 2.41. The van der Waals surface area contributed by atoms with Gasteiger partial charge in [0.2, 0.25) is 5.95 Å². The molecule has 0 bridgehead atoms. The van der Waals surface area contributed by atoms with Gasteiger partial charge < -0.3 is 5.32 Å². The lowest BCUT2D eigenvalue weighted by atomic mass is 10.3. The SMILES string of the molecule is O=C(Nc1ccc(F)nc1)c1ccc(Br)cn1. The number of anilines is 1. The Morgan fingerprint density at radius 3 is 2.59 bits per heavy atom. The quantitative estimate of drug-likeness (QED) is 0.867. The first-order valence-electron chi connectivity index (χ1n) is 4.69. The van der Waals surface area contributed by atoms with E-state index in [2.05, 4.69) is 31.2 Å². The predicted octanol–water partition coefficient (Wildman–Crippen LogP) is 2.63. The standard InChI is InChI=1S/C11H7BrFN3O/c12-7-1-3-9(14-5-7)11(17)16-8-2-4-10(13)15-6-8/h1-6H,(H,16,17). The molecule has 2 aromatic heterocycles. The molecule has 0 aliphatic carbocycles. The van der Waals surface area contributed by atoms with E-state index in [4.69, 9.17) is 0 Å². The Labute approximate surface area is 105 Å². The number of halogens is 2.